The summed E-state index contributed by atoms with van der Waals surface area (Å²) < 4.78 is 5.14. The zero-order valence-corrected chi connectivity index (χ0v) is 13.3. The largest absolute Gasteiger partial charge is 0.497 e. The van der Waals surface area contributed by atoms with Crippen molar-refractivity contribution in [1.29, 1.82) is 0 Å². The van der Waals surface area contributed by atoms with Crippen LogP contribution in [0.2, 0.25) is 0 Å². The number of nitrogens with zero attached hydrogens (tertiary/aromatic N) is 1. The molecule has 0 aliphatic rings. The predicted molar refractivity (Wildman–Crippen MR) is 90.3 cm³/mol. The molecule has 1 heterocycles. The van der Waals surface area contributed by atoms with Crippen LogP contribution in [0.3, 0.4) is 0 Å². The summed E-state index contributed by atoms with van der Waals surface area (Å²) in [5, 5.41) is 10.2. The minimum absolute atomic E-state index is 0.291. The van der Waals surface area contributed by atoms with Gasteiger partial charge in [-0.1, -0.05) is 42.5 Å². The molecule has 1 N–H and O–H groups in total. The van der Waals surface area contributed by atoms with Crippen LogP contribution >= 0.6 is 11.3 Å². The third kappa shape index (κ3) is 3.40. The van der Waals surface area contributed by atoms with Gasteiger partial charge in [-0.3, -0.25) is 0 Å². The smallest absolute Gasteiger partial charge is 0.347 e. The fourth-order valence-electron chi connectivity index (χ4n) is 2.28. The first-order valence-electron chi connectivity index (χ1n) is 7.08. The Balaban J connectivity index is 1.94. The van der Waals surface area contributed by atoms with Gasteiger partial charge in [0.15, 0.2) is 0 Å². The van der Waals surface area contributed by atoms with Crippen molar-refractivity contribution in [2.45, 2.75) is 6.42 Å². The Hall–Kier alpha value is -2.66. The molecule has 0 atom stereocenters. The van der Waals surface area contributed by atoms with Crippen LogP contribution < -0.4 is 4.74 Å². The molecule has 0 bridgehead atoms. The minimum atomic E-state index is -0.937. The van der Waals surface area contributed by atoms with E-state index in [1.165, 1.54) is 11.3 Å². The Kier molecular flexibility index (Phi) is 4.39. The summed E-state index contributed by atoms with van der Waals surface area (Å²) in [6.45, 7) is 0. The zero-order valence-electron chi connectivity index (χ0n) is 12.5. The lowest BCUT2D eigenvalue weighted by atomic mass is 10.1. The molecule has 2 aromatic carbocycles. The van der Waals surface area contributed by atoms with Gasteiger partial charge in [0.05, 0.1) is 12.8 Å². The second-order valence-corrected chi connectivity index (χ2v) is 5.99. The Morgan fingerprint density at radius 2 is 1.83 bits per heavy atom. The second kappa shape index (κ2) is 6.62. The summed E-state index contributed by atoms with van der Waals surface area (Å²) in [6.07, 6.45) is 0.481. The van der Waals surface area contributed by atoms with Crippen molar-refractivity contribution in [3.63, 3.8) is 0 Å². The fraction of sp³-hybridized carbons (Fsp3) is 0.111. The number of carbonyl (C=O) groups is 1. The summed E-state index contributed by atoms with van der Waals surface area (Å²) in [5.74, 6) is -0.163. The molecule has 0 fully saturated rings. The van der Waals surface area contributed by atoms with Crippen LogP contribution in [0.25, 0.3) is 10.6 Å². The van der Waals surface area contributed by atoms with E-state index in [1.807, 2.05) is 54.6 Å². The number of carboxylic acids is 1. The highest BCUT2D eigenvalue weighted by molar-refractivity contribution is 7.17. The van der Waals surface area contributed by atoms with Crippen LogP contribution in [0, 0.1) is 0 Å². The van der Waals surface area contributed by atoms with Gasteiger partial charge in [-0.05, 0) is 17.7 Å². The predicted octanol–water partition coefficient (Wildman–Crippen LogP) is 4.11. The van der Waals surface area contributed by atoms with Gasteiger partial charge in [-0.25, -0.2) is 9.78 Å². The standard InChI is InChI=1S/C18H15NO3S/c1-22-14-9-7-12(8-10-14)11-15-16(18(20)21)23-17(19-15)13-5-3-2-4-6-13/h2-10H,11H2,1H3,(H,20,21). The van der Waals surface area contributed by atoms with E-state index in [1.54, 1.807) is 7.11 Å². The van der Waals surface area contributed by atoms with Gasteiger partial charge in [0.2, 0.25) is 0 Å². The van der Waals surface area contributed by atoms with E-state index in [0.717, 1.165) is 21.9 Å². The third-order valence-electron chi connectivity index (χ3n) is 3.44. The molecule has 0 saturated heterocycles. The average molecular weight is 325 g/mol. The maximum Gasteiger partial charge on any atom is 0.347 e. The number of hydrogen-bond acceptors (Lipinski definition) is 4. The summed E-state index contributed by atoms with van der Waals surface area (Å²) in [5.41, 5.74) is 2.52. The molecule has 0 spiro atoms. The molecule has 0 aliphatic heterocycles. The van der Waals surface area contributed by atoms with Gasteiger partial charge >= 0.3 is 5.97 Å². The number of benzene rings is 2. The van der Waals surface area contributed by atoms with Crippen LogP contribution in [0.4, 0.5) is 0 Å². The van der Waals surface area contributed by atoms with Crippen molar-refractivity contribution >= 4 is 17.3 Å². The molecule has 116 valence electrons. The van der Waals surface area contributed by atoms with Gasteiger partial charge < -0.3 is 9.84 Å². The first-order chi connectivity index (χ1) is 11.2. The van der Waals surface area contributed by atoms with E-state index >= 15 is 0 Å². The lowest BCUT2D eigenvalue weighted by Crippen LogP contribution is -2.00. The molecule has 5 heteroatoms. The Bertz CT molecular complexity index is 810. The molecule has 0 aliphatic carbocycles. The molecule has 23 heavy (non-hydrogen) atoms. The van der Waals surface area contributed by atoms with E-state index in [4.69, 9.17) is 4.74 Å². The third-order valence-corrected chi connectivity index (χ3v) is 4.58. The average Bonchev–Trinajstić information content (AvgIpc) is 3.00. The maximum atomic E-state index is 11.5. The molecular weight excluding hydrogens is 310 g/mol. The Labute approximate surface area is 138 Å². The van der Waals surface area contributed by atoms with E-state index < -0.39 is 5.97 Å². The number of thiazole rings is 1. The normalized spacial score (nSPS) is 10.5. The number of ether oxygens (including phenoxy) is 1. The van der Waals surface area contributed by atoms with Crippen LogP contribution in [0.1, 0.15) is 20.9 Å². The number of carboxylic acid groups (broad SMARTS) is 1. The fourth-order valence-corrected chi connectivity index (χ4v) is 3.21. The van der Waals surface area contributed by atoms with Gasteiger partial charge in [0.1, 0.15) is 15.6 Å². The molecule has 0 radical (unpaired) electrons. The van der Waals surface area contributed by atoms with E-state index in [-0.39, 0.29) is 0 Å². The SMILES string of the molecule is COc1ccc(Cc2nc(-c3ccccc3)sc2C(=O)O)cc1. The van der Waals surface area contributed by atoms with Crippen molar-refractivity contribution in [3.05, 3.63) is 70.7 Å². The van der Waals surface area contributed by atoms with Crippen molar-refractivity contribution in [2.24, 2.45) is 0 Å². The monoisotopic (exact) mass is 325 g/mol. The summed E-state index contributed by atoms with van der Waals surface area (Å²) in [4.78, 5) is 16.3. The number of aromatic carboxylic acids is 1. The van der Waals surface area contributed by atoms with Gasteiger partial charge in [0, 0.05) is 12.0 Å². The number of hydrogen-bond donors (Lipinski definition) is 1. The summed E-state index contributed by atoms with van der Waals surface area (Å²) in [7, 11) is 1.62. The van der Waals surface area contributed by atoms with Crippen molar-refractivity contribution in [3.8, 4) is 16.3 Å². The molecular formula is C18H15NO3S. The van der Waals surface area contributed by atoms with E-state index in [2.05, 4.69) is 4.98 Å². The molecule has 4 nitrogen and oxygen atoms in total. The highest BCUT2D eigenvalue weighted by Gasteiger charge is 2.18. The highest BCUT2D eigenvalue weighted by atomic mass is 32.1. The first-order valence-corrected chi connectivity index (χ1v) is 7.90. The van der Waals surface area contributed by atoms with Crippen LogP contribution in [0.5, 0.6) is 5.75 Å². The molecule has 0 amide bonds. The summed E-state index contributed by atoms with van der Waals surface area (Å²) in [6, 6.07) is 17.2. The Morgan fingerprint density at radius 3 is 2.43 bits per heavy atom. The van der Waals surface area contributed by atoms with Crippen molar-refractivity contribution in [1.82, 2.24) is 4.98 Å². The minimum Gasteiger partial charge on any atom is -0.497 e. The Morgan fingerprint density at radius 1 is 1.13 bits per heavy atom. The van der Waals surface area contributed by atoms with Crippen molar-refractivity contribution < 1.29 is 14.6 Å². The first kappa shape index (κ1) is 15.2. The topological polar surface area (TPSA) is 59.4 Å². The maximum absolute atomic E-state index is 11.5. The van der Waals surface area contributed by atoms with Crippen LogP contribution in [0.15, 0.2) is 54.6 Å². The molecule has 0 saturated carbocycles. The number of methoxy groups -OCH3 is 1. The van der Waals surface area contributed by atoms with E-state index in [9.17, 15) is 9.90 Å². The molecule has 1 aromatic heterocycles. The molecule has 0 unspecified atom stereocenters. The van der Waals surface area contributed by atoms with Gasteiger partial charge in [0.25, 0.3) is 0 Å². The van der Waals surface area contributed by atoms with Crippen LogP contribution in [-0.2, 0) is 6.42 Å². The van der Waals surface area contributed by atoms with Gasteiger partial charge in [-0.2, -0.15) is 0 Å². The zero-order chi connectivity index (χ0) is 16.2. The molecule has 3 rings (SSSR count). The number of rotatable bonds is 5. The van der Waals surface area contributed by atoms with Crippen LogP contribution in [-0.4, -0.2) is 23.2 Å². The lowest BCUT2D eigenvalue weighted by Gasteiger charge is -2.02. The lowest BCUT2D eigenvalue weighted by molar-refractivity contribution is 0.0701. The summed E-state index contributed by atoms with van der Waals surface area (Å²) >= 11 is 1.21. The number of aromatic nitrogens is 1. The highest BCUT2D eigenvalue weighted by Crippen LogP contribution is 2.29. The van der Waals surface area contributed by atoms with E-state index in [0.29, 0.717) is 17.0 Å². The van der Waals surface area contributed by atoms with Crippen molar-refractivity contribution in [2.75, 3.05) is 7.11 Å². The quantitative estimate of drug-likeness (QED) is 0.767. The second-order valence-electron chi connectivity index (χ2n) is 4.99. The molecule has 3 aromatic rings. The van der Waals surface area contributed by atoms with Gasteiger partial charge in [-0.15, -0.1) is 11.3 Å².